The molecule has 3 rings (SSSR count). The van der Waals surface area contributed by atoms with Crippen LogP contribution in [0, 0.1) is 0 Å². The van der Waals surface area contributed by atoms with Gasteiger partial charge in [0.05, 0.1) is 5.56 Å². The molecule has 1 N–H and O–H groups in total. The lowest BCUT2D eigenvalue weighted by Gasteiger charge is -2.29. The number of aromatic nitrogens is 2. The average molecular weight is 318 g/mol. The van der Waals surface area contributed by atoms with Crippen molar-refractivity contribution in [3.05, 3.63) is 47.5 Å². The standard InChI is InChI=1S/C14H11F5N2O/c15-13(16)4-1-10-11(12(13)22)9(14(17,18)19)7-21(10)8-2-5-20-6-3-8/h2-3,5-7,12,22H,1,4H2. The first-order valence-electron chi connectivity index (χ1n) is 6.49. The summed E-state index contributed by atoms with van der Waals surface area (Å²) in [6, 6.07) is 2.94. The molecule has 2 heterocycles. The van der Waals surface area contributed by atoms with Crippen LogP contribution >= 0.6 is 0 Å². The molecule has 1 aliphatic rings. The second kappa shape index (κ2) is 4.77. The number of alkyl halides is 5. The van der Waals surface area contributed by atoms with Gasteiger partial charge in [0.1, 0.15) is 6.10 Å². The number of aliphatic hydroxyl groups is 1. The van der Waals surface area contributed by atoms with Crippen molar-refractivity contribution in [1.82, 2.24) is 9.55 Å². The molecule has 22 heavy (non-hydrogen) atoms. The monoisotopic (exact) mass is 318 g/mol. The molecule has 0 spiro atoms. The number of hydrogen-bond acceptors (Lipinski definition) is 2. The predicted molar refractivity (Wildman–Crippen MR) is 66.8 cm³/mol. The summed E-state index contributed by atoms with van der Waals surface area (Å²) in [6.07, 6.45) is -4.70. The Kier molecular flexibility index (Phi) is 3.24. The van der Waals surface area contributed by atoms with Gasteiger partial charge < -0.3 is 9.67 Å². The van der Waals surface area contributed by atoms with Crippen LogP contribution in [0.5, 0.6) is 0 Å². The van der Waals surface area contributed by atoms with Crippen LogP contribution < -0.4 is 0 Å². The summed E-state index contributed by atoms with van der Waals surface area (Å²) in [5, 5.41) is 9.72. The summed E-state index contributed by atoms with van der Waals surface area (Å²) < 4.78 is 67.9. The smallest absolute Gasteiger partial charge is 0.382 e. The summed E-state index contributed by atoms with van der Waals surface area (Å²) in [5.41, 5.74) is -1.54. The van der Waals surface area contributed by atoms with E-state index in [4.69, 9.17) is 0 Å². The maximum Gasteiger partial charge on any atom is 0.418 e. The van der Waals surface area contributed by atoms with Crippen molar-refractivity contribution in [3.63, 3.8) is 0 Å². The Bertz CT molecular complexity index is 693. The Morgan fingerprint density at radius 1 is 1.23 bits per heavy atom. The molecule has 1 unspecified atom stereocenters. The molecule has 0 saturated heterocycles. The van der Waals surface area contributed by atoms with Crippen LogP contribution in [0.2, 0.25) is 0 Å². The van der Waals surface area contributed by atoms with E-state index in [1.165, 1.54) is 29.1 Å². The number of aliphatic hydroxyl groups excluding tert-OH is 1. The molecule has 118 valence electrons. The van der Waals surface area contributed by atoms with Crippen molar-refractivity contribution in [1.29, 1.82) is 0 Å². The van der Waals surface area contributed by atoms with Crippen LogP contribution in [0.4, 0.5) is 22.0 Å². The summed E-state index contributed by atoms with van der Waals surface area (Å²) in [7, 11) is 0. The largest absolute Gasteiger partial charge is 0.418 e. The van der Waals surface area contributed by atoms with Gasteiger partial charge in [-0.1, -0.05) is 0 Å². The van der Waals surface area contributed by atoms with Gasteiger partial charge in [-0.15, -0.1) is 0 Å². The molecule has 0 radical (unpaired) electrons. The van der Waals surface area contributed by atoms with Crippen LogP contribution in [-0.2, 0) is 12.6 Å². The van der Waals surface area contributed by atoms with Crippen LogP contribution in [0.1, 0.15) is 29.3 Å². The van der Waals surface area contributed by atoms with Crippen molar-refractivity contribution >= 4 is 0 Å². The van der Waals surface area contributed by atoms with Gasteiger partial charge >= 0.3 is 6.18 Å². The maximum absolute atomic E-state index is 13.6. The molecule has 8 heteroatoms. The quantitative estimate of drug-likeness (QED) is 0.817. The number of fused-ring (bicyclic) bond motifs is 1. The molecule has 0 amide bonds. The Hall–Kier alpha value is -1.96. The molecule has 1 aliphatic carbocycles. The van der Waals surface area contributed by atoms with E-state index in [2.05, 4.69) is 4.98 Å². The molecule has 2 aromatic rings. The lowest BCUT2D eigenvalue weighted by Crippen LogP contribution is -2.33. The fraction of sp³-hybridized carbons (Fsp3) is 0.357. The zero-order valence-corrected chi connectivity index (χ0v) is 11.1. The number of pyridine rings is 1. The molecule has 0 aliphatic heterocycles. The van der Waals surface area contributed by atoms with Crippen LogP contribution in [0.3, 0.4) is 0 Å². The highest BCUT2D eigenvalue weighted by atomic mass is 19.4. The van der Waals surface area contributed by atoms with E-state index in [0.717, 1.165) is 6.20 Å². The topological polar surface area (TPSA) is 38.0 Å². The van der Waals surface area contributed by atoms with E-state index in [9.17, 15) is 27.1 Å². The first-order valence-corrected chi connectivity index (χ1v) is 6.49. The zero-order valence-electron chi connectivity index (χ0n) is 11.1. The first kappa shape index (κ1) is 15.0. The van der Waals surface area contributed by atoms with Crippen molar-refractivity contribution in [2.45, 2.75) is 31.0 Å². The van der Waals surface area contributed by atoms with Gasteiger partial charge in [0.25, 0.3) is 5.92 Å². The Labute approximate surface area is 122 Å². The van der Waals surface area contributed by atoms with Crippen molar-refractivity contribution in [2.24, 2.45) is 0 Å². The molecule has 0 saturated carbocycles. The number of hydrogen-bond donors (Lipinski definition) is 1. The van der Waals surface area contributed by atoms with Crippen LogP contribution in [0.25, 0.3) is 5.69 Å². The third-order valence-electron chi connectivity index (χ3n) is 3.76. The Morgan fingerprint density at radius 3 is 2.45 bits per heavy atom. The minimum atomic E-state index is -4.82. The molecular weight excluding hydrogens is 307 g/mol. The van der Waals surface area contributed by atoms with E-state index in [0.29, 0.717) is 5.69 Å². The molecule has 2 aromatic heterocycles. The third-order valence-corrected chi connectivity index (χ3v) is 3.76. The highest BCUT2D eigenvalue weighted by Gasteiger charge is 2.50. The van der Waals surface area contributed by atoms with Crippen LogP contribution in [0.15, 0.2) is 30.7 Å². The lowest BCUT2D eigenvalue weighted by molar-refractivity contribution is -0.147. The van der Waals surface area contributed by atoms with Crippen molar-refractivity contribution < 1.29 is 27.1 Å². The molecule has 0 bridgehead atoms. The minimum absolute atomic E-state index is 0.0527. The van der Waals surface area contributed by atoms with Gasteiger partial charge in [0.2, 0.25) is 0 Å². The third kappa shape index (κ3) is 2.27. The summed E-state index contributed by atoms with van der Waals surface area (Å²) in [6.45, 7) is 0. The Balaban J connectivity index is 2.25. The molecule has 0 fully saturated rings. The first-order chi connectivity index (χ1) is 10.2. The minimum Gasteiger partial charge on any atom is -0.382 e. The van der Waals surface area contributed by atoms with Gasteiger partial charge in [0, 0.05) is 42.0 Å². The van der Waals surface area contributed by atoms with E-state index >= 15 is 0 Å². The molecule has 1 atom stereocenters. The van der Waals surface area contributed by atoms with E-state index < -0.39 is 35.8 Å². The molecule has 3 nitrogen and oxygen atoms in total. The van der Waals surface area contributed by atoms with Gasteiger partial charge in [0.15, 0.2) is 0 Å². The van der Waals surface area contributed by atoms with Gasteiger partial charge in [-0.3, -0.25) is 4.98 Å². The van der Waals surface area contributed by atoms with Crippen molar-refractivity contribution in [2.75, 3.05) is 0 Å². The highest BCUT2D eigenvalue weighted by molar-refractivity contribution is 5.46. The summed E-state index contributed by atoms with van der Waals surface area (Å²) >= 11 is 0. The second-order valence-electron chi connectivity index (χ2n) is 5.14. The summed E-state index contributed by atoms with van der Waals surface area (Å²) in [5.74, 6) is -3.57. The van der Waals surface area contributed by atoms with E-state index in [1.807, 2.05) is 0 Å². The van der Waals surface area contributed by atoms with E-state index in [1.54, 1.807) is 0 Å². The average Bonchev–Trinajstić information content (AvgIpc) is 2.84. The van der Waals surface area contributed by atoms with Crippen molar-refractivity contribution in [3.8, 4) is 5.69 Å². The van der Waals surface area contributed by atoms with Gasteiger partial charge in [-0.05, 0) is 18.6 Å². The number of halogens is 5. The molecular formula is C14H11F5N2O. The van der Waals surface area contributed by atoms with Gasteiger partial charge in [-0.2, -0.15) is 13.2 Å². The Morgan fingerprint density at radius 2 is 1.86 bits per heavy atom. The fourth-order valence-corrected chi connectivity index (χ4v) is 2.72. The van der Waals surface area contributed by atoms with E-state index in [-0.39, 0.29) is 12.1 Å². The number of rotatable bonds is 1. The summed E-state index contributed by atoms with van der Waals surface area (Å²) in [4.78, 5) is 3.77. The van der Waals surface area contributed by atoms with Gasteiger partial charge in [-0.25, -0.2) is 8.78 Å². The second-order valence-corrected chi connectivity index (χ2v) is 5.14. The zero-order chi connectivity index (χ0) is 16.1. The fourth-order valence-electron chi connectivity index (χ4n) is 2.72. The molecule has 0 aromatic carbocycles. The normalized spacial score (nSPS) is 20.7. The highest BCUT2D eigenvalue weighted by Crippen LogP contribution is 2.48. The SMILES string of the molecule is OC1c2c(C(F)(F)F)cn(-c3ccncc3)c2CCC1(F)F. The maximum atomic E-state index is 13.6. The van der Waals surface area contributed by atoms with Crippen LogP contribution in [-0.4, -0.2) is 20.6 Å². The predicted octanol–water partition coefficient (Wildman–Crippen LogP) is 3.51. The lowest BCUT2D eigenvalue weighted by atomic mass is 9.89. The number of nitrogens with zero attached hydrogens (tertiary/aromatic N) is 2.